The third-order valence-corrected chi connectivity index (χ3v) is 17.5. The van der Waals surface area contributed by atoms with Crippen molar-refractivity contribution >= 4 is 11.6 Å². The van der Waals surface area contributed by atoms with E-state index in [9.17, 15) is 9.59 Å². The Bertz CT molecular complexity index is 1300. The molecule has 6 rings (SSSR count). The molecule has 53 heavy (non-hydrogen) atoms. The predicted molar refractivity (Wildman–Crippen MR) is 208 cm³/mol. The van der Waals surface area contributed by atoms with Gasteiger partial charge in [-0.1, -0.05) is 61.5 Å². The van der Waals surface area contributed by atoms with E-state index in [0.29, 0.717) is 48.5 Å². The van der Waals surface area contributed by atoms with Crippen LogP contribution in [0.25, 0.3) is 0 Å². The van der Waals surface area contributed by atoms with Crippen molar-refractivity contribution in [3.05, 3.63) is 12.7 Å². The zero-order chi connectivity index (χ0) is 39.1. The van der Waals surface area contributed by atoms with Crippen LogP contribution in [0.4, 0.5) is 0 Å². The molecule has 6 saturated carbocycles. The van der Waals surface area contributed by atoms with Crippen LogP contribution in [0, 0.1) is 68.5 Å². The highest BCUT2D eigenvalue weighted by Gasteiger charge is 2.69. The van der Waals surface area contributed by atoms with Crippen molar-refractivity contribution < 1.29 is 38.0 Å². The van der Waals surface area contributed by atoms with Crippen LogP contribution < -0.4 is 0 Å². The summed E-state index contributed by atoms with van der Waals surface area (Å²) in [5.74, 6) is 2.78. The fourth-order valence-electron chi connectivity index (χ4n) is 14.2. The topological polar surface area (TPSA) is 89.5 Å². The fraction of sp³-hybridized carbons (Fsp3) is 0.911. The van der Waals surface area contributed by atoms with Crippen molar-refractivity contribution in [2.45, 2.75) is 150 Å². The summed E-state index contributed by atoms with van der Waals surface area (Å²) in [4.78, 5) is 27.1. The van der Waals surface area contributed by atoms with E-state index in [-0.39, 0.29) is 70.6 Å². The molecule has 8 nitrogen and oxygen atoms in total. The van der Waals surface area contributed by atoms with E-state index in [0.717, 1.165) is 57.8 Å². The van der Waals surface area contributed by atoms with Crippen molar-refractivity contribution in [3.8, 4) is 0 Å². The molecular formula is C45H76O8. The lowest BCUT2D eigenvalue weighted by Gasteiger charge is -2.62. The number of rotatable bonds is 10. The summed E-state index contributed by atoms with van der Waals surface area (Å²) in [6.45, 7) is 22.7. The number of methoxy groups -OCH3 is 4. The van der Waals surface area contributed by atoms with E-state index in [1.165, 1.54) is 6.42 Å². The molecule has 0 N–H and O–H groups in total. The summed E-state index contributed by atoms with van der Waals surface area (Å²) in [6.07, 6.45) is 13.4. The molecule has 6 unspecified atom stereocenters. The first kappa shape index (κ1) is 43.0. The fourth-order valence-corrected chi connectivity index (χ4v) is 14.2. The molecule has 0 saturated heterocycles. The minimum absolute atomic E-state index is 0.0105. The molecule has 6 fully saturated rings. The Hall–Kier alpha value is -1.16. The normalized spacial score (nSPS) is 49.4. The second kappa shape index (κ2) is 16.4. The number of hydrogen-bond acceptors (Lipinski definition) is 8. The lowest BCUT2D eigenvalue weighted by atomic mass is 9.44. The summed E-state index contributed by atoms with van der Waals surface area (Å²) in [5.41, 5.74) is -0.400. The highest BCUT2D eigenvalue weighted by molar-refractivity contribution is 5.88. The van der Waals surface area contributed by atoms with E-state index in [1.807, 2.05) is 20.3 Å². The first-order chi connectivity index (χ1) is 25.0. The van der Waals surface area contributed by atoms with Gasteiger partial charge in [-0.2, -0.15) is 0 Å². The van der Waals surface area contributed by atoms with Gasteiger partial charge < -0.3 is 28.4 Å². The Morgan fingerprint density at radius 1 is 0.679 bits per heavy atom. The Kier molecular flexibility index (Phi) is 13.3. The largest absolute Gasteiger partial charge is 0.381 e. The van der Waals surface area contributed by atoms with Crippen LogP contribution in [-0.2, 0) is 38.0 Å². The molecule has 8 heteroatoms. The van der Waals surface area contributed by atoms with Crippen LogP contribution in [0.1, 0.15) is 126 Å². The Balaban J connectivity index is 0.000000206. The lowest BCUT2D eigenvalue weighted by Crippen LogP contribution is -2.62. The molecule has 16 atom stereocenters. The summed E-state index contributed by atoms with van der Waals surface area (Å²) in [7, 11) is 7.02. The lowest BCUT2D eigenvalue weighted by molar-refractivity contribution is -0.219. The molecule has 4 bridgehead atoms. The molecule has 0 aromatic heterocycles. The summed E-state index contributed by atoms with van der Waals surface area (Å²) in [5, 5.41) is 0. The number of Topliss-reactive ketones (excluding diaryl/α,β-unsaturated/α-hetero) is 2. The first-order valence-corrected chi connectivity index (χ1v) is 21.0. The smallest absolute Gasteiger partial charge is 0.146 e. The van der Waals surface area contributed by atoms with Crippen molar-refractivity contribution in [1.29, 1.82) is 0 Å². The van der Waals surface area contributed by atoms with Gasteiger partial charge in [0.1, 0.15) is 25.2 Å². The average Bonchev–Trinajstić information content (AvgIpc) is 3.74. The van der Waals surface area contributed by atoms with Gasteiger partial charge in [-0.3, -0.25) is 9.59 Å². The van der Waals surface area contributed by atoms with Gasteiger partial charge >= 0.3 is 0 Å². The molecule has 0 heterocycles. The van der Waals surface area contributed by atoms with E-state index >= 15 is 0 Å². The van der Waals surface area contributed by atoms with Crippen LogP contribution >= 0.6 is 0 Å². The molecule has 0 aromatic carbocycles. The Labute approximate surface area is 322 Å². The zero-order valence-electron chi connectivity index (χ0n) is 35.6. The van der Waals surface area contributed by atoms with Crippen molar-refractivity contribution in [3.63, 3.8) is 0 Å². The van der Waals surface area contributed by atoms with Crippen molar-refractivity contribution in [2.24, 2.45) is 68.5 Å². The number of hydrogen-bond donors (Lipinski definition) is 0. The van der Waals surface area contributed by atoms with E-state index in [4.69, 9.17) is 28.4 Å². The minimum atomic E-state index is -0.443. The maximum atomic E-state index is 13.9. The van der Waals surface area contributed by atoms with Crippen LogP contribution in [0.15, 0.2) is 12.7 Å². The summed E-state index contributed by atoms with van der Waals surface area (Å²) < 4.78 is 35.2. The van der Waals surface area contributed by atoms with Gasteiger partial charge in [-0.05, 0) is 105 Å². The van der Waals surface area contributed by atoms with Crippen LogP contribution in [0.3, 0.4) is 0 Å². The van der Waals surface area contributed by atoms with E-state index in [2.05, 4.69) is 62.0 Å². The quantitative estimate of drug-likeness (QED) is 0.162. The highest BCUT2D eigenvalue weighted by atomic mass is 16.7. The highest BCUT2D eigenvalue weighted by Crippen LogP contribution is 2.70. The van der Waals surface area contributed by atoms with Crippen LogP contribution in [-0.4, -0.2) is 78.0 Å². The third-order valence-electron chi connectivity index (χ3n) is 17.5. The molecule has 304 valence electrons. The van der Waals surface area contributed by atoms with Gasteiger partial charge in [0.2, 0.25) is 0 Å². The van der Waals surface area contributed by atoms with Crippen molar-refractivity contribution in [1.82, 2.24) is 0 Å². The second-order valence-corrected chi connectivity index (χ2v) is 19.4. The van der Waals surface area contributed by atoms with Gasteiger partial charge in [-0.15, -0.1) is 6.58 Å². The molecule has 6 aliphatic rings. The van der Waals surface area contributed by atoms with Gasteiger partial charge in [0.25, 0.3) is 0 Å². The molecule has 0 aliphatic heterocycles. The summed E-state index contributed by atoms with van der Waals surface area (Å²) in [6, 6.07) is 0. The maximum Gasteiger partial charge on any atom is 0.146 e. The minimum Gasteiger partial charge on any atom is -0.381 e. The van der Waals surface area contributed by atoms with Crippen LogP contribution in [0.5, 0.6) is 0 Å². The maximum absolute atomic E-state index is 13.9. The van der Waals surface area contributed by atoms with Gasteiger partial charge in [0.05, 0.1) is 24.4 Å². The van der Waals surface area contributed by atoms with Gasteiger partial charge in [0, 0.05) is 62.4 Å². The average molecular weight is 745 g/mol. The van der Waals surface area contributed by atoms with Gasteiger partial charge in [-0.25, -0.2) is 0 Å². The Morgan fingerprint density at radius 3 is 1.60 bits per heavy atom. The Morgan fingerprint density at radius 2 is 1.13 bits per heavy atom. The number of carbonyl (C=O) groups excluding carboxylic acids is 2. The molecule has 0 radical (unpaired) electrons. The zero-order valence-corrected chi connectivity index (χ0v) is 35.6. The van der Waals surface area contributed by atoms with E-state index < -0.39 is 5.41 Å². The predicted octanol–water partition coefficient (Wildman–Crippen LogP) is 9.08. The SMILES string of the molecule is C=CC[C@]1(C)CC(OCOC)[C@@]2(C)C3[C@H](OC)CCC3(CC[C@H]2C)[C@@H](C)C1=O.COCOC1C[C@H](C)C(=O)[C@H](C)C23CC[C@@H](C)[C@]1(C)C2[C@H](OC)CC3. The molecule has 0 spiro atoms. The third kappa shape index (κ3) is 6.77. The molecule has 6 aliphatic carbocycles. The summed E-state index contributed by atoms with van der Waals surface area (Å²) >= 11 is 0. The number of carbonyl (C=O) groups is 2. The van der Waals surface area contributed by atoms with Crippen molar-refractivity contribution in [2.75, 3.05) is 42.0 Å². The first-order valence-electron chi connectivity index (χ1n) is 21.0. The van der Waals surface area contributed by atoms with E-state index in [1.54, 1.807) is 14.2 Å². The number of allylic oxidation sites excluding steroid dienone is 1. The second-order valence-electron chi connectivity index (χ2n) is 19.4. The monoisotopic (exact) mass is 745 g/mol. The number of ketones is 2. The number of ether oxygens (including phenoxy) is 6. The molecular weight excluding hydrogens is 668 g/mol. The van der Waals surface area contributed by atoms with Gasteiger partial charge in [0.15, 0.2) is 0 Å². The molecule has 0 amide bonds. The standard InChI is InChI=1S/C24H40O4.C21H36O4/c1-8-11-22(4)14-19(28-15-26-6)23(5)16(2)9-12-24(17(3)21(22)25)13-10-18(27-7)20(23)24;1-13-11-17(25-12-23-5)20(4)14(2)7-9-21(15(3)18(13)22)10-8-16(24-6)19(20)21/h8,16-20H,1,9-15H2,2-7H3;13-17,19H,7-12H2,1-6H3/t16-,17+,18-,19?,20?,22-,23+,24?;13-,14+,15-,16+,17?,19?,20-,21?/m10/s1. The van der Waals surface area contributed by atoms with Crippen LogP contribution in [0.2, 0.25) is 0 Å². The molecule has 0 aromatic rings.